The molecule has 0 aliphatic carbocycles. The summed E-state index contributed by atoms with van der Waals surface area (Å²) in [6.45, 7) is 3.99. The molecule has 0 saturated heterocycles. The smallest absolute Gasteiger partial charge is 0.349 e. The van der Waals surface area contributed by atoms with E-state index in [9.17, 15) is 4.79 Å². The van der Waals surface area contributed by atoms with Gasteiger partial charge in [0.2, 0.25) is 0 Å². The van der Waals surface area contributed by atoms with Crippen molar-refractivity contribution in [3.05, 3.63) is 59.1 Å². The lowest BCUT2D eigenvalue weighted by Crippen LogP contribution is -2.18. The third-order valence-electron chi connectivity index (χ3n) is 2.95. The fourth-order valence-corrected chi connectivity index (χ4v) is 2.08. The number of carbonyl (C=O) groups is 1. The molecule has 3 nitrogen and oxygen atoms in total. The Hall–Kier alpha value is -2.00. The number of rotatable bonds is 5. The van der Waals surface area contributed by atoms with Crippen molar-refractivity contribution in [1.29, 1.82) is 0 Å². The SMILES string of the molecule is CC(C)c1ccccc1OCC(=O)Oc1ccccc1Cl. The van der Waals surface area contributed by atoms with Gasteiger partial charge in [0, 0.05) is 0 Å². The van der Waals surface area contributed by atoms with Crippen molar-refractivity contribution in [3.8, 4) is 11.5 Å². The number of benzene rings is 2. The normalized spacial score (nSPS) is 10.5. The number of ether oxygens (including phenoxy) is 2. The largest absolute Gasteiger partial charge is 0.482 e. The lowest BCUT2D eigenvalue weighted by Gasteiger charge is -2.13. The van der Waals surface area contributed by atoms with Gasteiger partial charge >= 0.3 is 5.97 Å². The standard InChI is InChI=1S/C17H17ClO3/c1-12(2)13-7-3-5-9-15(13)20-11-17(19)21-16-10-6-4-8-14(16)18/h3-10,12H,11H2,1-2H3. The van der Waals surface area contributed by atoms with E-state index in [0.717, 1.165) is 5.56 Å². The van der Waals surface area contributed by atoms with E-state index in [2.05, 4.69) is 13.8 Å². The second-order valence-corrected chi connectivity index (χ2v) is 5.29. The molecule has 21 heavy (non-hydrogen) atoms. The molecule has 2 rings (SSSR count). The Bertz CT molecular complexity index is 623. The molecular weight excluding hydrogens is 288 g/mol. The summed E-state index contributed by atoms with van der Waals surface area (Å²) in [6, 6.07) is 14.5. The van der Waals surface area contributed by atoms with Crippen LogP contribution in [0.2, 0.25) is 5.02 Å². The third-order valence-corrected chi connectivity index (χ3v) is 3.26. The summed E-state index contributed by atoms with van der Waals surface area (Å²) in [4.78, 5) is 11.8. The second-order valence-electron chi connectivity index (χ2n) is 4.89. The average Bonchev–Trinajstić information content (AvgIpc) is 2.48. The van der Waals surface area contributed by atoms with Crippen LogP contribution in [0.5, 0.6) is 11.5 Å². The monoisotopic (exact) mass is 304 g/mol. The maximum absolute atomic E-state index is 11.8. The first-order valence-corrected chi connectivity index (χ1v) is 7.12. The van der Waals surface area contributed by atoms with Crippen LogP contribution in [0.1, 0.15) is 25.3 Å². The van der Waals surface area contributed by atoms with Gasteiger partial charge in [-0.2, -0.15) is 0 Å². The predicted molar refractivity (Wildman–Crippen MR) is 83.1 cm³/mol. The number of para-hydroxylation sites is 2. The van der Waals surface area contributed by atoms with Gasteiger partial charge in [-0.25, -0.2) is 4.79 Å². The molecule has 110 valence electrons. The molecule has 0 unspecified atom stereocenters. The Morgan fingerprint density at radius 2 is 1.67 bits per heavy atom. The molecule has 0 radical (unpaired) electrons. The first-order valence-electron chi connectivity index (χ1n) is 6.75. The molecule has 4 heteroatoms. The lowest BCUT2D eigenvalue weighted by atomic mass is 10.0. The van der Waals surface area contributed by atoms with Gasteiger partial charge in [-0.1, -0.05) is 55.8 Å². The van der Waals surface area contributed by atoms with Crippen molar-refractivity contribution in [3.63, 3.8) is 0 Å². The quantitative estimate of drug-likeness (QED) is 0.605. The predicted octanol–water partition coefficient (Wildman–Crippen LogP) is 4.45. The van der Waals surface area contributed by atoms with Crippen LogP contribution >= 0.6 is 11.6 Å². The van der Waals surface area contributed by atoms with Crippen molar-refractivity contribution in [2.45, 2.75) is 19.8 Å². The highest BCUT2D eigenvalue weighted by molar-refractivity contribution is 6.32. The lowest BCUT2D eigenvalue weighted by molar-refractivity contribution is -0.136. The fraction of sp³-hybridized carbons (Fsp3) is 0.235. The Kier molecular flexibility index (Phi) is 5.23. The van der Waals surface area contributed by atoms with Gasteiger partial charge in [0.1, 0.15) is 11.5 Å². The van der Waals surface area contributed by atoms with Gasteiger partial charge in [0.15, 0.2) is 6.61 Å². The highest BCUT2D eigenvalue weighted by Gasteiger charge is 2.11. The van der Waals surface area contributed by atoms with Crippen LogP contribution in [-0.4, -0.2) is 12.6 Å². The number of hydrogen-bond acceptors (Lipinski definition) is 3. The summed E-state index contributed by atoms with van der Waals surface area (Å²) in [5, 5.41) is 0.397. The Morgan fingerprint density at radius 3 is 2.33 bits per heavy atom. The number of halogens is 1. The third kappa shape index (κ3) is 4.23. The van der Waals surface area contributed by atoms with Crippen LogP contribution in [0.4, 0.5) is 0 Å². The van der Waals surface area contributed by atoms with Crippen LogP contribution in [0.3, 0.4) is 0 Å². The molecule has 0 saturated carbocycles. The average molecular weight is 305 g/mol. The maximum atomic E-state index is 11.8. The number of carbonyl (C=O) groups excluding carboxylic acids is 1. The van der Waals surface area contributed by atoms with E-state index in [1.807, 2.05) is 24.3 Å². The van der Waals surface area contributed by atoms with E-state index in [-0.39, 0.29) is 6.61 Å². The van der Waals surface area contributed by atoms with E-state index in [0.29, 0.717) is 22.4 Å². The molecule has 0 spiro atoms. The molecular formula is C17H17ClO3. The summed E-state index contributed by atoms with van der Waals surface area (Å²) in [6.07, 6.45) is 0. The molecule has 0 N–H and O–H groups in total. The molecule has 0 aliphatic heterocycles. The van der Waals surface area contributed by atoms with E-state index >= 15 is 0 Å². The Balaban J connectivity index is 1.97. The van der Waals surface area contributed by atoms with Crippen LogP contribution in [-0.2, 0) is 4.79 Å². The summed E-state index contributed by atoms with van der Waals surface area (Å²) >= 11 is 5.93. The summed E-state index contributed by atoms with van der Waals surface area (Å²) in [7, 11) is 0. The summed E-state index contributed by atoms with van der Waals surface area (Å²) in [5.41, 5.74) is 1.06. The van der Waals surface area contributed by atoms with Gasteiger partial charge in [-0.3, -0.25) is 0 Å². The summed E-state index contributed by atoms with van der Waals surface area (Å²) < 4.78 is 10.7. The van der Waals surface area contributed by atoms with Crippen LogP contribution in [0.25, 0.3) is 0 Å². The van der Waals surface area contributed by atoms with Crippen molar-refractivity contribution < 1.29 is 14.3 Å². The first kappa shape index (κ1) is 15.4. The molecule has 2 aromatic rings. The number of hydrogen-bond donors (Lipinski definition) is 0. The van der Waals surface area contributed by atoms with E-state index in [1.165, 1.54) is 0 Å². The molecule has 0 aliphatic rings. The van der Waals surface area contributed by atoms with Gasteiger partial charge in [0.25, 0.3) is 0 Å². The highest BCUT2D eigenvalue weighted by atomic mass is 35.5. The molecule has 0 fully saturated rings. The molecule has 0 heterocycles. The Morgan fingerprint density at radius 1 is 1.05 bits per heavy atom. The molecule has 0 amide bonds. The van der Waals surface area contributed by atoms with Crippen molar-refractivity contribution >= 4 is 17.6 Å². The van der Waals surface area contributed by atoms with E-state index < -0.39 is 5.97 Å². The van der Waals surface area contributed by atoms with Crippen molar-refractivity contribution in [2.75, 3.05) is 6.61 Å². The zero-order valence-corrected chi connectivity index (χ0v) is 12.8. The zero-order valence-electron chi connectivity index (χ0n) is 12.0. The minimum atomic E-state index is -0.485. The zero-order chi connectivity index (χ0) is 15.2. The highest BCUT2D eigenvalue weighted by Crippen LogP contribution is 2.26. The van der Waals surface area contributed by atoms with E-state index in [4.69, 9.17) is 21.1 Å². The maximum Gasteiger partial charge on any atom is 0.349 e. The minimum Gasteiger partial charge on any atom is -0.482 e. The van der Waals surface area contributed by atoms with Gasteiger partial charge in [-0.15, -0.1) is 0 Å². The first-order chi connectivity index (χ1) is 10.1. The summed E-state index contributed by atoms with van der Waals surface area (Å²) in [5.74, 6) is 0.871. The van der Waals surface area contributed by atoms with Crippen molar-refractivity contribution in [2.24, 2.45) is 0 Å². The van der Waals surface area contributed by atoms with Gasteiger partial charge in [0.05, 0.1) is 5.02 Å². The van der Waals surface area contributed by atoms with Crippen LogP contribution < -0.4 is 9.47 Å². The minimum absolute atomic E-state index is 0.158. The van der Waals surface area contributed by atoms with Crippen LogP contribution in [0, 0.1) is 0 Å². The molecule has 0 atom stereocenters. The van der Waals surface area contributed by atoms with Gasteiger partial charge < -0.3 is 9.47 Å². The fourth-order valence-electron chi connectivity index (χ4n) is 1.91. The second kappa shape index (κ2) is 7.14. The Labute approximate surface area is 129 Å². The van der Waals surface area contributed by atoms with Gasteiger partial charge in [-0.05, 0) is 29.7 Å². The number of esters is 1. The van der Waals surface area contributed by atoms with Crippen molar-refractivity contribution in [1.82, 2.24) is 0 Å². The molecule has 2 aromatic carbocycles. The van der Waals surface area contributed by atoms with E-state index in [1.54, 1.807) is 24.3 Å². The van der Waals surface area contributed by atoms with Crippen LogP contribution in [0.15, 0.2) is 48.5 Å². The molecule has 0 bridgehead atoms. The topological polar surface area (TPSA) is 35.5 Å². The molecule has 0 aromatic heterocycles.